The van der Waals surface area contributed by atoms with Crippen molar-refractivity contribution in [3.05, 3.63) is 0 Å². The van der Waals surface area contributed by atoms with Crippen LogP contribution in [-0.4, -0.2) is 30.1 Å². The highest BCUT2D eigenvalue weighted by atomic mass is 16.5. The van der Waals surface area contributed by atoms with Gasteiger partial charge in [0.1, 0.15) is 12.2 Å². The Balaban J connectivity index is 3.76. The first kappa shape index (κ1) is 13.1. The van der Waals surface area contributed by atoms with E-state index >= 15 is 0 Å². The standard InChI is InChI=1S/C10H18O4/c1-7(2)4-8(11)5-9(12)6-10(13)14-3/h7-8,11H,4-6H2,1-3H3. The second-order valence-corrected chi connectivity index (χ2v) is 3.78. The van der Waals surface area contributed by atoms with Crippen LogP contribution < -0.4 is 0 Å². The van der Waals surface area contributed by atoms with Crippen molar-refractivity contribution in [3.8, 4) is 0 Å². The fourth-order valence-corrected chi connectivity index (χ4v) is 1.20. The minimum atomic E-state index is -0.646. The molecule has 0 heterocycles. The highest BCUT2D eigenvalue weighted by molar-refractivity contribution is 5.95. The number of hydrogen-bond donors (Lipinski definition) is 1. The number of esters is 1. The molecule has 0 saturated heterocycles. The molecule has 0 aromatic rings. The van der Waals surface area contributed by atoms with Crippen LogP contribution in [0.25, 0.3) is 0 Å². The van der Waals surface area contributed by atoms with Crippen molar-refractivity contribution >= 4 is 11.8 Å². The van der Waals surface area contributed by atoms with Crippen LogP contribution in [0, 0.1) is 5.92 Å². The Morgan fingerprint density at radius 1 is 1.36 bits per heavy atom. The number of ether oxygens (including phenoxy) is 1. The van der Waals surface area contributed by atoms with Gasteiger partial charge in [0.25, 0.3) is 0 Å². The molecule has 4 nitrogen and oxygen atoms in total. The van der Waals surface area contributed by atoms with E-state index in [0.717, 1.165) is 0 Å². The SMILES string of the molecule is COC(=O)CC(=O)CC(O)CC(C)C. The molecule has 0 aliphatic carbocycles. The molecule has 1 atom stereocenters. The summed E-state index contributed by atoms with van der Waals surface area (Å²) in [5.41, 5.74) is 0. The van der Waals surface area contributed by atoms with E-state index < -0.39 is 12.1 Å². The second kappa shape index (κ2) is 6.54. The molecule has 1 unspecified atom stereocenters. The number of aliphatic hydroxyl groups is 1. The van der Waals surface area contributed by atoms with Gasteiger partial charge in [-0.1, -0.05) is 13.8 Å². The van der Waals surface area contributed by atoms with Gasteiger partial charge in [0, 0.05) is 6.42 Å². The van der Waals surface area contributed by atoms with E-state index in [1.54, 1.807) is 0 Å². The van der Waals surface area contributed by atoms with E-state index in [2.05, 4.69) is 4.74 Å². The van der Waals surface area contributed by atoms with Gasteiger partial charge in [0.15, 0.2) is 0 Å². The van der Waals surface area contributed by atoms with Crippen LogP contribution in [0.5, 0.6) is 0 Å². The summed E-state index contributed by atoms with van der Waals surface area (Å²) < 4.78 is 4.34. The van der Waals surface area contributed by atoms with Gasteiger partial charge in [-0.15, -0.1) is 0 Å². The lowest BCUT2D eigenvalue weighted by Gasteiger charge is -2.11. The molecule has 0 radical (unpaired) electrons. The fraction of sp³-hybridized carbons (Fsp3) is 0.800. The Morgan fingerprint density at radius 3 is 2.36 bits per heavy atom. The monoisotopic (exact) mass is 202 g/mol. The lowest BCUT2D eigenvalue weighted by atomic mass is 10.0. The maximum absolute atomic E-state index is 11.1. The molecule has 1 N–H and O–H groups in total. The number of ketones is 1. The van der Waals surface area contributed by atoms with Crippen LogP contribution in [-0.2, 0) is 14.3 Å². The third-order valence-corrected chi connectivity index (χ3v) is 1.78. The predicted octanol–water partition coefficient (Wildman–Crippen LogP) is 0.916. The molecule has 82 valence electrons. The summed E-state index contributed by atoms with van der Waals surface area (Å²) in [5, 5.41) is 9.40. The van der Waals surface area contributed by atoms with Crippen LogP contribution in [0.3, 0.4) is 0 Å². The first-order valence-corrected chi connectivity index (χ1v) is 4.72. The first-order chi connectivity index (χ1) is 6.45. The van der Waals surface area contributed by atoms with Gasteiger partial charge in [-0.2, -0.15) is 0 Å². The van der Waals surface area contributed by atoms with Gasteiger partial charge in [-0.3, -0.25) is 9.59 Å². The van der Waals surface area contributed by atoms with E-state index in [4.69, 9.17) is 0 Å². The predicted molar refractivity (Wildman–Crippen MR) is 51.7 cm³/mol. The molecule has 0 aromatic heterocycles. The largest absolute Gasteiger partial charge is 0.469 e. The smallest absolute Gasteiger partial charge is 0.313 e. The molecule has 0 amide bonds. The number of carbonyl (C=O) groups excluding carboxylic acids is 2. The zero-order valence-corrected chi connectivity index (χ0v) is 8.95. The van der Waals surface area contributed by atoms with E-state index in [1.165, 1.54) is 7.11 Å². The normalized spacial score (nSPS) is 12.6. The topological polar surface area (TPSA) is 63.6 Å². The van der Waals surface area contributed by atoms with Crippen molar-refractivity contribution in [1.82, 2.24) is 0 Å². The van der Waals surface area contributed by atoms with Gasteiger partial charge >= 0.3 is 5.97 Å². The number of carbonyl (C=O) groups is 2. The first-order valence-electron chi connectivity index (χ1n) is 4.72. The van der Waals surface area contributed by atoms with Crippen molar-refractivity contribution in [3.63, 3.8) is 0 Å². The Kier molecular flexibility index (Phi) is 6.12. The van der Waals surface area contributed by atoms with Crippen molar-refractivity contribution in [1.29, 1.82) is 0 Å². The number of hydrogen-bond acceptors (Lipinski definition) is 4. The van der Waals surface area contributed by atoms with E-state index in [1.807, 2.05) is 13.8 Å². The maximum Gasteiger partial charge on any atom is 0.313 e. The summed E-state index contributed by atoms with van der Waals surface area (Å²) in [7, 11) is 1.24. The van der Waals surface area contributed by atoms with Crippen LogP contribution in [0.2, 0.25) is 0 Å². The third kappa shape index (κ3) is 6.60. The van der Waals surface area contributed by atoms with Crippen molar-refractivity contribution in [2.24, 2.45) is 5.92 Å². The molecule has 0 rings (SSSR count). The summed E-state index contributed by atoms with van der Waals surface area (Å²) in [5.74, 6) is -0.479. The average Bonchev–Trinajstić information content (AvgIpc) is 2.01. The Morgan fingerprint density at radius 2 is 1.93 bits per heavy atom. The molecular weight excluding hydrogens is 184 g/mol. The highest BCUT2D eigenvalue weighted by Crippen LogP contribution is 2.09. The zero-order chi connectivity index (χ0) is 11.1. The van der Waals surface area contributed by atoms with Crippen molar-refractivity contribution in [2.45, 2.75) is 39.2 Å². The maximum atomic E-state index is 11.1. The van der Waals surface area contributed by atoms with Crippen LogP contribution in [0.15, 0.2) is 0 Å². The molecule has 0 aliphatic rings. The minimum Gasteiger partial charge on any atom is -0.469 e. The quantitative estimate of drug-likeness (QED) is 0.513. The minimum absolute atomic E-state index is 0.0350. The van der Waals surface area contributed by atoms with Gasteiger partial charge in [0.2, 0.25) is 0 Å². The van der Waals surface area contributed by atoms with E-state index in [9.17, 15) is 14.7 Å². The number of methoxy groups -OCH3 is 1. The van der Waals surface area contributed by atoms with Crippen LogP contribution in [0.1, 0.15) is 33.1 Å². The molecule has 0 bridgehead atoms. The Bertz CT molecular complexity index is 198. The summed E-state index contributed by atoms with van der Waals surface area (Å²) in [4.78, 5) is 21.8. The summed E-state index contributed by atoms with van der Waals surface area (Å²) in [6, 6.07) is 0. The number of Topliss-reactive ketones (excluding diaryl/α,β-unsaturated/α-hetero) is 1. The molecule has 4 heteroatoms. The van der Waals surface area contributed by atoms with Crippen molar-refractivity contribution < 1.29 is 19.4 Å². The van der Waals surface area contributed by atoms with E-state index in [0.29, 0.717) is 12.3 Å². The van der Waals surface area contributed by atoms with Crippen LogP contribution >= 0.6 is 0 Å². The Hall–Kier alpha value is -0.900. The van der Waals surface area contributed by atoms with Gasteiger partial charge < -0.3 is 9.84 Å². The molecule has 0 saturated carbocycles. The number of aliphatic hydroxyl groups excluding tert-OH is 1. The average molecular weight is 202 g/mol. The summed E-state index contributed by atoms with van der Waals surface area (Å²) >= 11 is 0. The summed E-state index contributed by atoms with van der Waals surface area (Å²) in [6.45, 7) is 3.93. The van der Waals surface area contributed by atoms with Gasteiger partial charge in [-0.05, 0) is 12.3 Å². The van der Waals surface area contributed by atoms with Gasteiger partial charge in [-0.25, -0.2) is 0 Å². The molecular formula is C10H18O4. The van der Waals surface area contributed by atoms with Gasteiger partial charge in [0.05, 0.1) is 13.2 Å². The van der Waals surface area contributed by atoms with Crippen molar-refractivity contribution in [2.75, 3.05) is 7.11 Å². The Labute approximate surface area is 84.3 Å². The molecule has 0 fully saturated rings. The second-order valence-electron chi connectivity index (χ2n) is 3.78. The number of rotatable bonds is 6. The lowest BCUT2D eigenvalue weighted by Crippen LogP contribution is -2.18. The molecule has 0 aliphatic heterocycles. The van der Waals surface area contributed by atoms with Crippen LogP contribution in [0.4, 0.5) is 0 Å². The highest BCUT2D eigenvalue weighted by Gasteiger charge is 2.15. The fourth-order valence-electron chi connectivity index (χ4n) is 1.20. The molecule has 0 spiro atoms. The third-order valence-electron chi connectivity index (χ3n) is 1.78. The zero-order valence-electron chi connectivity index (χ0n) is 8.95. The summed E-state index contributed by atoms with van der Waals surface area (Å²) in [6.07, 6.45) is -0.279. The lowest BCUT2D eigenvalue weighted by molar-refractivity contribution is -0.143. The molecule has 14 heavy (non-hydrogen) atoms. The van der Waals surface area contributed by atoms with E-state index in [-0.39, 0.29) is 18.6 Å². The molecule has 0 aromatic carbocycles.